The average molecular weight is 480 g/mol. The minimum atomic E-state index is -0.875. The molecule has 9 heteroatoms. The molecule has 7 nitrogen and oxygen atoms in total. The molecule has 0 radical (unpaired) electrons. The summed E-state index contributed by atoms with van der Waals surface area (Å²) in [5.74, 6) is -3.08. The van der Waals surface area contributed by atoms with Crippen LogP contribution in [0.3, 0.4) is 0 Å². The van der Waals surface area contributed by atoms with Crippen molar-refractivity contribution in [3.05, 3.63) is 39.7 Å². The van der Waals surface area contributed by atoms with Crippen LogP contribution in [-0.4, -0.2) is 37.0 Å². The highest BCUT2D eigenvalue weighted by Crippen LogP contribution is 2.38. The van der Waals surface area contributed by atoms with E-state index < -0.39 is 23.6 Å². The van der Waals surface area contributed by atoms with Gasteiger partial charge >= 0.3 is 11.9 Å². The highest BCUT2D eigenvalue weighted by molar-refractivity contribution is 6.35. The molecule has 1 aromatic rings. The number of halogens is 2. The zero-order valence-electron chi connectivity index (χ0n) is 18.6. The molecule has 2 aliphatic rings. The quantitative estimate of drug-likeness (QED) is 0.269. The fraction of sp³-hybridized carbons (Fsp3) is 0.500. The van der Waals surface area contributed by atoms with Gasteiger partial charge in [0.25, 0.3) is 11.8 Å². The second-order valence-electron chi connectivity index (χ2n) is 8.06. The summed E-state index contributed by atoms with van der Waals surface area (Å²) in [6.07, 6.45) is 5.44. The first-order chi connectivity index (χ1) is 15.8. The molecule has 0 saturated carbocycles. The van der Waals surface area contributed by atoms with Gasteiger partial charge in [-0.2, -0.15) is 0 Å². The topological polar surface area (TPSA) is 90.0 Å². The number of ether oxygens (including phenoxy) is 2. The first-order valence-corrected chi connectivity index (χ1v) is 11.7. The molecule has 1 aromatic carbocycles. The first-order valence-electron chi connectivity index (χ1n) is 11.3. The summed E-state index contributed by atoms with van der Waals surface area (Å²) in [4.78, 5) is 50.4. The van der Waals surface area contributed by atoms with E-state index in [9.17, 15) is 23.6 Å². The summed E-state index contributed by atoms with van der Waals surface area (Å²) in [7, 11) is 0. The van der Waals surface area contributed by atoms with Gasteiger partial charge < -0.3 is 9.47 Å². The second kappa shape index (κ2) is 11.4. The molecule has 0 saturated heterocycles. The molecular formula is C24H27ClFNO6. The Kier molecular flexibility index (Phi) is 8.61. The lowest BCUT2D eigenvalue weighted by Gasteiger charge is -2.17. The van der Waals surface area contributed by atoms with Crippen LogP contribution >= 0.6 is 11.6 Å². The Bertz CT molecular complexity index is 961. The van der Waals surface area contributed by atoms with E-state index in [2.05, 4.69) is 0 Å². The van der Waals surface area contributed by atoms with Crippen LogP contribution in [0.25, 0.3) is 0 Å². The summed E-state index contributed by atoms with van der Waals surface area (Å²) in [6, 6.07) is 1.98. The zero-order chi connectivity index (χ0) is 24.0. The van der Waals surface area contributed by atoms with Crippen LogP contribution in [0.1, 0.15) is 75.1 Å². The van der Waals surface area contributed by atoms with E-state index >= 15 is 0 Å². The largest absolute Gasteiger partial charge is 0.466 e. The van der Waals surface area contributed by atoms with Gasteiger partial charge in [0, 0.05) is 17.6 Å². The van der Waals surface area contributed by atoms with Crippen LogP contribution in [0.4, 0.5) is 10.1 Å². The van der Waals surface area contributed by atoms with Crippen molar-refractivity contribution >= 4 is 41.0 Å². The lowest BCUT2D eigenvalue weighted by molar-refractivity contribution is -0.143. The lowest BCUT2D eigenvalue weighted by atomic mass is 9.93. The molecule has 0 spiro atoms. The van der Waals surface area contributed by atoms with Gasteiger partial charge in [0.05, 0.1) is 29.5 Å². The van der Waals surface area contributed by atoms with E-state index in [1.165, 1.54) is 0 Å². The molecule has 0 unspecified atom stereocenters. The minimum absolute atomic E-state index is 0.0293. The molecule has 3 rings (SSSR count). The number of rotatable bonds is 10. The van der Waals surface area contributed by atoms with E-state index in [1.807, 2.05) is 6.92 Å². The van der Waals surface area contributed by atoms with Crippen LogP contribution in [-0.2, 0) is 23.9 Å². The monoisotopic (exact) mass is 479 g/mol. The molecule has 178 valence electrons. The maximum atomic E-state index is 14.7. The number of carbonyl (C=O) groups excluding carboxylic acids is 4. The highest BCUT2D eigenvalue weighted by atomic mass is 35.5. The molecule has 0 N–H and O–H groups in total. The van der Waals surface area contributed by atoms with E-state index in [1.54, 1.807) is 0 Å². The fourth-order valence-electron chi connectivity index (χ4n) is 3.84. The summed E-state index contributed by atoms with van der Waals surface area (Å²) in [5, 5.41) is -0.183. The molecule has 1 heterocycles. The number of hydrogen-bond donors (Lipinski definition) is 0. The number of unbranched alkanes of at least 4 members (excludes halogenated alkanes) is 2. The Morgan fingerprint density at radius 2 is 1.64 bits per heavy atom. The van der Waals surface area contributed by atoms with Gasteiger partial charge in [0.15, 0.2) is 0 Å². The SMILES string of the molecule is CCCCOC(=O)CCCCOC(=O)c1cc(N2C(=O)C3=C(CCCC3)C2=O)c(F)cc1Cl. The Hall–Kier alpha value is -2.74. The molecule has 0 atom stereocenters. The molecule has 1 aliphatic carbocycles. The number of imide groups is 1. The van der Waals surface area contributed by atoms with Gasteiger partial charge in [-0.1, -0.05) is 24.9 Å². The van der Waals surface area contributed by atoms with Crippen LogP contribution < -0.4 is 4.90 Å². The fourth-order valence-corrected chi connectivity index (χ4v) is 4.07. The maximum Gasteiger partial charge on any atom is 0.339 e. The van der Waals surface area contributed by atoms with Crippen LogP contribution in [0, 0.1) is 5.82 Å². The third kappa shape index (κ3) is 5.79. The van der Waals surface area contributed by atoms with Crippen LogP contribution in [0.2, 0.25) is 5.02 Å². The number of anilines is 1. The summed E-state index contributed by atoms with van der Waals surface area (Å²) in [5.41, 5.74) is 0.374. The Morgan fingerprint density at radius 1 is 1.00 bits per heavy atom. The summed E-state index contributed by atoms with van der Waals surface area (Å²) in [6.45, 7) is 2.43. The van der Waals surface area contributed by atoms with Crippen molar-refractivity contribution in [2.75, 3.05) is 18.1 Å². The van der Waals surface area contributed by atoms with E-state index in [0.29, 0.717) is 43.4 Å². The predicted molar refractivity (Wildman–Crippen MR) is 119 cm³/mol. The third-order valence-corrected chi connectivity index (χ3v) is 5.97. The molecule has 2 amide bonds. The van der Waals surface area contributed by atoms with Crippen molar-refractivity contribution < 1.29 is 33.0 Å². The van der Waals surface area contributed by atoms with Crippen molar-refractivity contribution in [3.63, 3.8) is 0 Å². The lowest BCUT2D eigenvalue weighted by Crippen LogP contribution is -2.32. The number of benzene rings is 1. The van der Waals surface area contributed by atoms with E-state index in [0.717, 1.165) is 42.7 Å². The molecule has 1 aliphatic heterocycles. The minimum Gasteiger partial charge on any atom is -0.466 e. The first kappa shape index (κ1) is 24.9. The average Bonchev–Trinajstić information content (AvgIpc) is 3.04. The number of amides is 2. The summed E-state index contributed by atoms with van der Waals surface area (Å²) < 4.78 is 24.9. The number of nitrogens with zero attached hydrogens (tertiary/aromatic N) is 1. The number of carbonyl (C=O) groups is 4. The molecule has 0 bridgehead atoms. The van der Waals surface area contributed by atoms with Crippen molar-refractivity contribution in [3.8, 4) is 0 Å². The van der Waals surface area contributed by atoms with Crippen molar-refractivity contribution in [1.29, 1.82) is 0 Å². The molecular weight excluding hydrogens is 453 g/mol. The van der Waals surface area contributed by atoms with Gasteiger partial charge in [-0.3, -0.25) is 14.4 Å². The van der Waals surface area contributed by atoms with Crippen molar-refractivity contribution in [1.82, 2.24) is 0 Å². The maximum absolute atomic E-state index is 14.7. The van der Waals surface area contributed by atoms with Gasteiger partial charge in [-0.15, -0.1) is 0 Å². The Balaban J connectivity index is 1.60. The van der Waals surface area contributed by atoms with Crippen LogP contribution in [0.5, 0.6) is 0 Å². The predicted octanol–water partition coefficient (Wildman–Crippen LogP) is 4.89. The van der Waals surface area contributed by atoms with Crippen molar-refractivity contribution in [2.45, 2.75) is 64.7 Å². The van der Waals surface area contributed by atoms with E-state index in [-0.39, 0.29) is 35.3 Å². The molecule has 0 fully saturated rings. The zero-order valence-corrected chi connectivity index (χ0v) is 19.3. The van der Waals surface area contributed by atoms with Gasteiger partial charge in [-0.05, 0) is 57.1 Å². The standard InChI is InChI=1S/C24H27ClFNO6/c1-2-3-11-32-21(28)10-6-7-12-33-24(31)17-13-20(19(26)14-18(17)25)27-22(29)15-8-4-5-9-16(15)23(27)30/h13-14H,2-12H2,1H3. The molecule has 33 heavy (non-hydrogen) atoms. The number of esters is 2. The number of hydrogen-bond acceptors (Lipinski definition) is 6. The Morgan fingerprint density at radius 3 is 2.27 bits per heavy atom. The molecule has 0 aromatic heterocycles. The normalized spacial score (nSPS) is 15.7. The van der Waals surface area contributed by atoms with Gasteiger partial charge in [0.1, 0.15) is 5.82 Å². The highest BCUT2D eigenvalue weighted by Gasteiger charge is 2.41. The van der Waals surface area contributed by atoms with E-state index in [4.69, 9.17) is 21.1 Å². The second-order valence-corrected chi connectivity index (χ2v) is 8.47. The van der Waals surface area contributed by atoms with Gasteiger partial charge in [-0.25, -0.2) is 14.1 Å². The summed E-state index contributed by atoms with van der Waals surface area (Å²) >= 11 is 6.04. The van der Waals surface area contributed by atoms with Crippen molar-refractivity contribution in [2.24, 2.45) is 0 Å². The van der Waals surface area contributed by atoms with Gasteiger partial charge in [0.2, 0.25) is 0 Å². The smallest absolute Gasteiger partial charge is 0.339 e. The van der Waals surface area contributed by atoms with Crippen LogP contribution in [0.15, 0.2) is 23.3 Å². The third-order valence-electron chi connectivity index (χ3n) is 5.66. The Labute approximate surface area is 196 Å².